The van der Waals surface area contributed by atoms with Gasteiger partial charge in [0, 0.05) is 11.4 Å². The fourth-order valence-electron chi connectivity index (χ4n) is 3.21. The van der Waals surface area contributed by atoms with Gasteiger partial charge in [0.25, 0.3) is 0 Å². The zero-order valence-corrected chi connectivity index (χ0v) is 14.6. The van der Waals surface area contributed by atoms with Gasteiger partial charge in [-0.05, 0) is 62.7 Å². The molecule has 4 nitrogen and oxygen atoms in total. The predicted molar refractivity (Wildman–Crippen MR) is 95.9 cm³/mol. The van der Waals surface area contributed by atoms with Crippen LogP contribution in [0.15, 0.2) is 47.6 Å². The van der Waals surface area contributed by atoms with Crippen LogP contribution in [0.5, 0.6) is 11.5 Å². The summed E-state index contributed by atoms with van der Waals surface area (Å²) in [6, 6.07) is 12.3. The molecule has 1 aromatic heterocycles. The van der Waals surface area contributed by atoms with Crippen molar-refractivity contribution in [2.45, 2.75) is 42.2 Å². The Kier molecular flexibility index (Phi) is 4.63. The molecule has 3 heterocycles. The SMILES string of the molecule is CC1Sc2ncccc2OC1c1ccc(OC2CCNCC2)cc1. The van der Waals surface area contributed by atoms with E-state index in [0.717, 1.165) is 42.5 Å². The molecule has 0 saturated carbocycles. The van der Waals surface area contributed by atoms with Gasteiger partial charge >= 0.3 is 0 Å². The van der Waals surface area contributed by atoms with Crippen LogP contribution in [0.25, 0.3) is 0 Å². The molecule has 2 atom stereocenters. The summed E-state index contributed by atoms with van der Waals surface area (Å²) in [6.07, 6.45) is 4.33. The zero-order valence-electron chi connectivity index (χ0n) is 13.8. The summed E-state index contributed by atoms with van der Waals surface area (Å²) in [6.45, 7) is 4.27. The molecular formula is C19H22N2O2S. The van der Waals surface area contributed by atoms with Crippen molar-refractivity contribution in [3.05, 3.63) is 48.2 Å². The highest BCUT2D eigenvalue weighted by molar-refractivity contribution is 8.00. The van der Waals surface area contributed by atoms with Crippen LogP contribution in [0.3, 0.4) is 0 Å². The topological polar surface area (TPSA) is 43.4 Å². The van der Waals surface area contributed by atoms with E-state index in [2.05, 4.69) is 41.5 Å². The van der Waals surface area contributed by atoms with E-state index in [1.54, 1.807) is 11.8 Å². The van der Waals surface area contributed by atoms with Crippen LogP contribution in [-0.2, 0) is 0 Å². The van der Waals surface area contributed by atoms with Gasteiger partial charge in [-0.2, -0.15) is 0 Å². The quantitative estimate of drug-likeness (QED) is 0.918. The second kappa shape index (κ2) is 7.03. The maximum Gasteiger partial charge on any atom is 0.152 e. The van der Waals surface area contributed by atoms with E-state index in [0.29, 0.717) is 11.4 Å². The average Bonchev–Trinajstić information content (AvgIpc) is 2.63. The van der Waals surface area contributed by atoms with Gasteiger partial charge in [-0.1, -0.05) is 23.9 Å². The number of pyridine rings is 1. The molecule has 126 valence electrons. The molecule has 0 radical (unpaired) electrons. The van der Waals surface area contributed by atoms with E-state index in [9.17, 15) is 0 Å². The highest BCUT2D eigenvalue weighted by Gasteiger charge is 2.29. The molecule has 0 aliphatic carbocycles. The van der Waals surface area contributed by atoms with Crippen molar-refractivity contribution in [1.29, 1.82) is 0 Å². The third-order valence-corrected chi connectivity index (χ3v) is 5.66. The summed E-state index contributed by atoms with van der Waals surface area (Å²) in [5.41, 5.74) is 1.18. The normalized spacial score (nSPS) is 24.0. The number of benzene rings is 1. The number of fused-ring (bicyclic) bond motifs is 1. The first kappa shape index (κ1) is 15.8. The Bertz CT molecular complexity index is 686. The van der Waals surface area contributed by atoms with Crippen molar-refractivity contribution < 1.29 is 9.47 Å². The lowest BCUT2D eigenvalue weighted by Gasteiger charge is -2.30. The number of rotatable bonds is 3. The number of hydrogen-bond donors (Lipinski definition) is 1. The molecule has 0 spiro atoms. The molecule has 1 aromatic carbocycles. The Morgan fingerprint density at radius 2 is 1.96 bits per heavy atom. The van der Waals surface area contributed by atoms with Crippen LogP contribution < -0.4 is 14.8 Å². The number of aromatic nitrogens is 1. The van der Waals surface area contributed by atoms with Crippen LogP contribution in [0.1, 0.15) is 31.4 Å². The monoisotopic (exact) mass is 342 g/mol. The Morgan fingerprint density at radius 3 is 2.75 bits per heavy atom. The first-order valence-electron chi connectivity index (χ1n) is 8.55. The van der Waals surface area contributed by atoms with Crippen molar-refractivity contribution in [1.82, 2.24) is 10.3 Å². The van der Waals surface area contributed by atoms with E-state index >= 15 is 0 Å². The number of ether oxygens (including phenoxy) is 2. The van der Waals surface area contributed by atoms with E-state index in [4.69, 9.17) is 9.47 Å². The molecule has 2 aliphatic heterocycles. The van der Waals surface area contributed by atoms with Gasteiger partial charge in [0.05, 0.1) is 0 Å². The zero-order chi connectivity index (χ0) is 16.4. The first-order valence-corrected chi connectivity index (χ1v) is 9.43. The van der Waals surface area contributed by atoms with Gasteiger partial charge in [0.2, 0.25) is 0 Å². The van der Waals surface area contributed by atoms with E-state index in [-0.39, 0.29) is 6.10 Å². The third kappa shape index (κ3) is 3.37. The fraction of sp³-hybridized carbons (Fsp3) is 0.421. The van der Waals surface area contributed by atoms with Gasteiger partial charge in [-0.25, -0.2) is 4.98 Å². The minimum absolute atomic E-state index is 0.0413. The second-order valence-electron chi connectivity index (χ2n) is 6.30. The second-order valence-corrected chi connectivity index (χ2v) is 7.67. The van der Waals surface area contributed by atoms with Crippen molar-refractivity contribution in [3.8, 4) is 11.5 Å². The highest BCUT2D eigenvalue weighted by atomic mass is 32.2. The Labute approximate surface area is 147 Å². The smallest absolute Gasteiger partial charge is 0.152 e. The summed E-state index contributed by atoms with van der Waals surface area (Å²) < 4.78 is 12.3. The molecule has 1 fully saturated rings. The fourth-order valence-corrected chi connectivity index (χ4v) is 4.25. The predicted octanol–water partition coefficient (Wildman–Crippen LogP) is 3.83. The molecule has 2 aromatic rings. The molecule has 5 heteroatoms. The lowest BCUT2D eigenvalue weighted by atomic mass is 10.1. The molecule has 0 amide bonds. The lowest BCUT2D eigenvalue weighted by molar-refractivity contribution is 0.162. The number of hydrogen-bond acceptors (Lipinski definition) is 5. The van der Waals surface area contributed by atoms with Crippen LogP contribution in [-0.4, -0.2) is 29.4 Å². The minimum Gasteiger partial charge on any atom is -0.490 e. The largest absolute Gasteiger partial charge is 0.490 e. The number of nitrogens with one attached hydrogen (secondary N) is 1. The third-order valence-electron chi connectivity index (χ3n) is 4.51. The molecule has 2 aliphatic rings. The minimum atomic E-state index is 0.0413. The lowest BCUT2D eigenvalue weighted by Crippen LogP contribution is -2.34. The van der Waals surface area contributed by atoms with Crippen LogP contribution >= 0.6 is 11.8 Å². The summed E-state index contributed by atoms with van der Waals surface area (Å²) in [7, 11) is 0. The maximum atomic E-state index is 6.19. The summed E-state index contributed by atoms with van der Waals surface area (Å²) >= 11 is 1.77. The molecule has 2 unspecified atom stereocenters. The molecule has 0 bridgehead atoms. The number of thioether (sulfide) groups is 1. The van der Waals surface area contributed by atoms with Crippen LogP contribution in [0.2, 0.25) is 0 Å². The molecule has 4 rings (SSSR count). The summed E-state index contributed by atoms with van der Waals surface area (Å²) in [5, 5.41) is 4.66. The highest BCUT2D eigenvalue weighted by Crippen LogP contribution is 2.43. The van der Waals surface area contributed by atoms with Crippen molar-refractivity contribution in [2.75, 3.05) is 13.1 Å². The standard InChI is InChI=1S/C19H22N2O2S/c1-13-18(23-17-3-2-10-21-19(17)24-13)14-4-6-15(7-5-14)22-16-8-11-20-12-9-16/h2-7,10,13,16,18,20H,8-9,11-12H2,1H3. The van der Waals surface area contributed by atoms with Crippen molar-refractivity contribution in [3.63, 3.8) is 0 Å². The average molecular weight is 342 g/mol. The maximum absolute atomic E-state index is 6.19. The van der Waals surface area contributed by atoms with E-state index in [1.165, 1.54) is 5.56 Å². The number of piperidine rings is 1. The molecule has 1 saturated heterocycles. The van der Waals surface area contributed by atoms with Gasteiger partial charge in [0.15, 0.2) is 5.75 Å². The van der Waals surface area contributed by atoms with E-state index < -0.39 is 0 Å². The summed E-state index contributed by atoms with van der Waals surface area (Å²) in [4.78, 5) is 4.39. The van der Waals surface area contributed by atoms with Gasteiger partial charge < -0.3 is 14.8 Å². The molecule has 1 N–H and O–H groups in total. The Hall–Kier alpha value is -1.72. The first-order chi connectivity index (χ1) is 11.8. The number of nitrogens with zero attached hydrogens (tertiary/aromatic N) is 1. The Balaban J connectivity index is 1.46. The van der Waals surface area contributed by atoms with Gasteiger partial charge in [-0.15, -0.1) is 0 Å². The molecular weight excluding hydrogens is 320 g/mol. The van der Waals surface area contributed by atoms with Crippen LogP contribution in [0, 0.1) is 0 Å². The van der Waals surface area contributed by atoms with E-state index in [1.807, 2.05) is 18.3 Å². The van der Waals surface area contributed by atoms with Gasteiger partial charge in [-0.3, -0.25) is 0 Å². The van der Waals surface area contributed by atoms with Gasteiger partial charge in [0.1, 0.15) is 23.0 Å². The van der Waals surface area contributed by atoms with Crippen molar-refractivity contribution >= 4 is 11.8 Å². The Morgan fingerprint density at radius 1 is 1.17 bits per heavy atom. The van der Waals surface area contributed by atoms with Crippen LogP contribution in [0.4, 0.5) is 0 Å². The summed E-state index contributed by atoms with van der Waals surface area (Å²) in [5.74, 6) is 1.82. The van der Waals surface area contributed by atoms with Crippen molar-refractivity contribution in [2.24, 2.45) is 0 Å². The molecule has 24 heavy (non-hydrogen) atoms.